The van der Waals surface area contributed by atoms with E-state index in [1.54, 1.807) is 18.5 Å². The number of aromatic nitrogens is 2. The first-order chi connectivity index (χ1) is 6.46. The van der Waals surface area contributed by atoms with Crippen molar-refractivity contribution in [3.05, 3.63) is 24.8 Å². The fourth-order valence-corrected chi connectivity index (χ4v) is 0.253. The molecule has 0 spiro atoms. The maximum Gasteiger partial charge on any atom is 0.692 e. The molecule has 0 saturated heterocycles. The molecule has 4 N–H and O–H groups in total. The molecule has 0 unspecified atom stereocenters. The fraction of sp³-hybridized carbons (Fsp3) is 0. The van der Waals surface area contributed by atoms with E-state index in [0.717, 1.165) is 0 Å². The predicted octanol–water partition coefficient (Wildman–Crippen LogP) is -0.267. The van der Waals surface area contributed by atoms with Gasteiger partial charge in [-0.25, -0.2) is 9.97 Å². The quantitative estimate of drug-likeness (QED) is 0.455. The van der Waals surface area contributed by atoms with Crippen molar-refractivity contribution in [1.29, 1.82) is 0 Å². The first kappa shape index (κ1) is 15.6. The van der Waals surface area contributed by atoms with Crippen LogP contribution in [0.2, 0.25) is 0 Å². The predicted molar refractivity (Wildman–Crippen MR) is 46.1 cm³/mol. The van der Waals surface area contributed by atoms with E-state index in [1.807, 2.05) is 0 Å². The average molecular weight is 242 g/mol. The molecule has 0 bridgehead atoms. The van der Waals surface area contributed by atoms with Crippen LogP contribution < -0.4 is 0 Å². The van der Waals surface area contributed by atoms with Crippen LogP contribution >= 0.6 is 16.5 Å². The molecule has 0 amide bonds. The third-order valence-electron chi connectivity index (χ3n) is 0.478. The van der Waals surface area contributed by atoms with Crippen LogP contribution in [-0.2, 0) is 9.13 Å². The third kappa shape index (κ3) is 43.4. The summed E-state index contributed by atoms with van der Waals surface area (Å²) in [6.45, 7) is 0. The summed E-state index contributed by atoms with van der Waals surface area (Å²) < 4.78 is 17.4. The molecule has 8 nitrogen and oxygen atoms in total. The highest BCUT2D eigenvalue weighted by molar-refractivity contribution is 7.31. The van der Waals surface area contributed by atoms with Gasteiger partial charge in [-0.05, 0) is 6.07 Å². The largest absolute Gasteiger partial charge is 0.692 e. The topological polar surface area (TPSA) is 141 Å². The lowest BCUT2D eigenvalue weighted by Crippen LogP contribution is -1.66. The van der Waals surface area contributed by atoms with Gasteiger partial charge in [0, 0.05) is 21.5 Å². The summed E-state index contributed by atoms with van der Waals surface area (Å²) in [7, 11) is -5.74. The molecule has 10 heteroatoms. The maximum atomic E-state index is 8.70. The van der Waals surface area contributed by atoms with Crippen LogP contribution in [0.15, 0.2) is 24.8 Å². The Morgan fingerprint density at radius 1 is 0.857 bits per heavy atom. The summed E-state index contributed by atoms with van der Waals surface area (Å²) in [6.07, 6.45) is 4.88. The van der Waals surface area contributed by atoms with Crippen molar-refractivity contribution in [3.63, 3.8) is 0 Å². The molecular weight excluding hydrogens is 234 g/mol. The molecule has 0 aliphatic heterocycles. The van der Waals surface area contributed by atoms with Crippen molar-refractivity contribution in [3.8, 4) is 0 Å². The van der Waals surface area contributed by atoms with E-state index < -0.39 is 16.5 Å². The van der Waals surface area contributed by atoms with Gasteiger partial charge >= 0.3 is 16.5 Å². The highest BCUT2D eigenvalue weighted by Crippen LogP contribution is 1.98. The molecule has 0 aliphatic rings. The van der Waals surface area contributed by atoms with Gasteiger partial charge in [0.15, 0.2) is 0 Å². The molecule has 1 rings (SSSR count). The van der Waals surface area contributed by atoms with Gasteiger partial charge in [-0.1, -0.05) is 0 Å². The Balaban J connectivity index is 0. The van der Waals surface area contributed by atoms with Gasteiger partial charge < -0.3 is 0 Å². The smallest absolute Gasteiger partial charge is 0.245 e. The molecule has 78 valence electrons. The van der Waals surface area contributed by atoms with E-state index in [-0.39, 0.29) is 0 Å². The van der Waals surface area contributed by atoms with Crippen LogP contribution in [0.1, 0.15) is 0 Å². The van der Waals surface area contributed by atoms with Crippen LogP contribution in [0, 0.1) is 0 Å². The van der Waals surface area contributed by atoms with Crippen molar-refractivity contribution in [2.75, 3.05) is 0 Å². The zero-order valence-electron chi connectivity index (χ0n) is 6.70. The molecule has 1 aromatic heterocycles. The Bertz CT molecular complexity index is 211. The average Bonchev–Trinajstić information content (AvgIpc) is 2.05. The second-order valence-corrected chi connectivity index (χ2v) is 2.42. The summed E-state index contributed by atoms with van der Waals surface area (Å²) >= 11 is 0. The van der Waals surface area contributed by atoms with Gasteiger partial charge in [0.1, 0.15) is 6.33 Å². The number of hydrogen-bond donors (Lipinski definition) is 4. The van der Waals surface area contributed by atoms with Crippen LogP contribution in [0.3, 0.4) is 0 Å². The second kappa shape index (κ2) is 12.1. The second-order valence-electron chi connectivity index (χ2n) is 1.41. The Labute approximate surface area is 80.8 Å². The fourth-order valence-electron chi connectivity index (χ4n) is 0.253. The monoisotopic (exact) mass is 242 g/mol. The molecule has 0 saturated carbocycles. The number of rotatable bonds is 0. The molecule has 0 aromatic carbocycles. The van der Waals surface area contributed by atoms with Crippen molar-refractivity contribution >= 4 is 16.5 Å². The molecule has 0 radical (unpaired) electrons. The maximum absolute atomic E-state index is 8.70. The van der Waals surface area contributed by atoms with Crippen LogP contribution in [0.25, 0.3) is 0 Å². The van der Waals surface area contributed by atoms with Gasteiger partial charge in [-0.2, -0.15) is 0 Å². The van der Waals surface area contributed by atoms with Gasteiger partial charge in [-0.15, -0.1) is 19.6 Å². The lowest BCUT2D eigenvalue weighted by Gasteiger charge is -1.70. The number of nitrogens with zero attached hydrogens (tertiary/aromatic N) is 2. The normalized spacial score (nSPS) is 7.14. The lowest BCUT2D eigenvalue weighted by atomic mass is 10.7. The first-order valence-electron chi connectivity index (χ1n) is 2.86. The zero-order valence-corrected chi connectivity index (χ0v) is 8.49. The minimum atomic E-state index is -2.87. The van der Waals surface area contributed by atoms with Crippen LogP contribution in [0.5, 0.6) is 0 Å². The third-order valence-corrected chi connectivity index (χ3v) is 0.478. The van der Waals surface area contributed by atoms with Crippen molar-refractivity contribution < 1.29 is 28.7 Å². The highest BCUT2D eigenvalue weighted by atomic mass is 31.1. The first-order valence-corrected chi connectivity index (χ1v) is 5.19. The Morgan fingerprint density at radius 3 is 1.21 bits per heavy atom. The molecule has 1 heterocycles. The molecule has 0 fully saturated rings. The lowest BCUT2D eigenvalue weighted by molar-refractivity contribution is 0.403. The van der Waals surface area contributed by atoms with E-state index in [0.29, 0.717) is 0 Å². The molecular formula is C4H8N2O6P2+2. The van der Waals surface area contributed by atoms with Gasteiger partial charge in [-0.3, -0.25) is 0 Å². The molecule has 0 atom stereocenters. The minimum absolute atomic E-state index is 1.50. The summed E-state index contributed by atoms with van der Waals surface area (Å²) in [5.74, 6) is 0. The van der Waals surface area contributed by atoms with E-state index in [2.05, 4.69) is 9.97 Å². The minimum Gasteiger partial charge on any atom is -0.245 e. The summed E-state index contributed by atoms with van der Waals surface area (Å²) in [4.78, 5) is 35.8. The van der Waals surface area contributed by atoms with Crippen molar-refractivity contribution in [2.45, 2.75) is 0 Å². The van der Waals surface area contributed by atoms with E-state index in [1.165, 1.54) is 6.33 Å². The summed E-state index contributed by atoms with van der Waals surface area (Å²) in [6, 6.07) is 1.78. The van der Waals surface area contributed by atoms with E-state index in [4.69, 9.17) is 28.7 Å². The Kier molecular flexibility index (Phi) is 13.5. The van der Waals surface area contributed by atoms with Gasteiger partial charge in [0.25, 0.3) is 0 Å². The number of hydrogen-bond acceptors (Lipinski definition) is 4. The molecule has 0 aliphatic carbocycles. The van der Waals surface area contributed by atoms with E-state index in [9.17, 15) is 0 Å². The van der Waals surface area contributed by atoms with Crippen LogP contribution in [-0.4, -0.2) is 29.5 Å². The Morgan fingerprint density at radius 2 is 1.14 bits per heavy atom. The van der Waals surface area contributed by atoms with Crippen molar-refractivity contribution in [1.82, 2.24) is 9.97 Å². The van der Waals surface area contributed by atoms with Crippen molar-refractivity contribution in [2.24, 2.45) is 0 Å². The molecule has 1 aromatic rings. The molecule has 14 heavy (non-hydrogen) atoms. The summed E-state index contributed by atoms with van der Waals surface area (Å²) in [5.41, 5.74) is 0. The highest BCUT2D eigenvalue weighted by Gasteiger charge is 1.93. The summed E-state index contributed by atoms with van der Waals surface area (Å²) in [5, 5.41) is 0. The standard InChI is InChI=1S/C4H4N2.2HO3P/c1-2-5-4-6-3-1;2*1-4(2)3/h1-4H;2*(H-,1,2,3)/p+2. The SMILES string of the molecule is O=[P+](O)O.O=[P+](O)O.c1cncnc1. The van der Waals surface area contributed by atoms with Gasteiger partial charge in [0.05, 0.1) is 0 Å². The van der Waals surface area contributed by atoms with Crippen LogP contribution in [0.4, 0.5) is 0 Å². The van der Waals surface area contributed by atoms with Gasteiger partial charge in [0.2, 0.25) is 0 Å². The Hall–Kier alpha value is -0.880. The zero-order chi connectivity index (χ0) is 11.4. The van der Waals surface area contributed by atoms with E-state index >= 15 is 0 Å².